The number of hydrogen-bond acceptors (Lipinski definition) is 3. The van der Waals surface area contributed by atoms with E-state index < -0.39 is 0 Å². The smallest absolute Gasteiger partial charge is 0.231 e. The Morgan fingerprint density at radius 3 is 2.75 bits per heavy atom. The summed E-state index contributed by atoms with van der Waals surface area (Å²) in [4.78, 5) is 14.5. The SMILES string of the molecule is Cc1ccc(CC(=O)N2CCC(c3ccc4c(c3)OCO4)C2)cc1. The molecule has 1 fully saturated rings. The van der Waals surface area contributed by atoms with Crippen molar-refractivity contribution in [1.29, 1.82) is 0 Å². The molecule has 0 aliphatic carbocycles. The van der Waals surface area contributed by atoms with Gasteiger partial charge in [0.25, 0.3) is 0 Å². The second-order valence-electron chi connectivity index (χ2n) is 6.60. The number of ether oxygens (including phenoxy) is 2. The van der Waals surface area contributed by atoms with E-state index >= 15 is 0 Å². The summed E-state index contributed by atoms with van der Waals surface area (Å²) >= 11 is 0. The van der Waals surface area contributed by atoms with Crippen LogP contribution in [0.1, 0.15) is 29.0 Å². The highest BCUT2D eigenvalue weighted by Gasteiger charge is 2.28. The van der Waals surface area contributed by atoms with E-state index in [-0.39, 0.29) is 5.91 Å². The van der Waals surface area contributed by atoms with E-state index in [9.17, 15) is 4.79 Å². The maximum absolute atomic E-state index is 12.5. The van der Waals surface area contributed by atoms with Gasteiger partial charge in [-0.1, -0.05) is 35.9 Å². The van der Waals surface area contributed by atoms with Crippen LogP contribution in [0, 0.1) is 6.92 Å². The summed E-state index contributed by atoms with van der Waals surface area (Å²) in [5.41, 5.74) is 3.53. The number of rotatable bonds is 3. The predicted octanol–water partition coefficient (Wildman–Crippen LogP) is 3.28. The van der Waals surface area contributed by atoms with Gasteiger partial charge in [-0.2, -0.15) is 0 Å². The molecule has 2 aliphatic rings. The summed E-state index contributed by atoms with van der Waals surface area (Å²) in [7, 11) is 0. The number of fused-ring (bicyclic) bond motifs is 1. The summed E-state index contributed by atoms with van der Waals surface area (Å²) in [5, 5.41) is 0. The average Bonchev–Trinajstić information content (AvgIpc) is 3.25. The monoisotopic (exact) mass is 323 g/mol. The quantitative estimate of drug-likeness (QED) is 0.870. The minimum atomic E-state index is 0.210. The zero-order valence-corrected chi connectivity index (χ0v) is 13.8. The Labute approximate surface area is 142 Å². The number of nitrogens with zero attached hydrogens (tertiary/aromatic N) is 1. The van der Waals surface area contributed by atoms with Crippen LogP contribution in [0.4, 0.5) is 0 Å². The second kappa shape index (κ2) is 6.19. The Kier molecular flexibility index (Phi) is 3.89. The van der Waals surface area contributed by atoms with Crippen LogP contribution in [0.25, 0.3) is 0 Å². The Bertz CT molecular complexity index is 754. The molecule has 124 valence electrons. The second-order valence-corrected chi connectivity index (χ2v) is 6.60. The highest BCUT2D eigenvalue weighted by Crippen LogP contribution is 2.37. The largest absolute Gasteiger partial charge is 0.454 e. The molecule has 1 saturated heterocycles. The van der Waals surface area contributed by atoms with Crippen LogP contribution in [-0.4, -0.2) is 30.7 Å². The molecule has 0 spiro atoms. The number of benzene rings is 2. The van der Waals surface area contributed by atoms with Gasteiger partial charge in [0, 0.05) is 19.0 Å². The van der Waals surface area contributed by atoms with Crippen molar-refractivity contribution in [3.05, 3.63) is 59.2 Å². The fourth-order valence-electron chi connectivity index (χ4n) is 3.42. The first-order chi connectivity index (χ1) is 11.7. The molecule has 4 heteroatoms. The fourth-order valence-corrected chi connectivity index (χ4v) is 3.42. The Hall–Kier alpha value is -2.49. The number of hydrogen-bond donors (Lipinski definition) is 0. The van der Waals surface area contributed by atoms with Gasteiger partial charge < -0.3 is 14.4 Å². The van der Waals surface area contributed by atoms with Crippen molar-refractivity contribution in [1.82, 2.24) is 4.90 Å². The van der Waals surface area contributed by atoms with Crippen molar-refractivity contribution in [3.8, 4) is 11.5 Å². The molecule has 24 heavy (non-hydrogen) atoms. The van der Waals surface area contributed by atoms with E-state index in [1.165, 1.54) is 11.1 Å². The van der Waals surface area contributed by atoms with Crippen molar-refractivity contribution in [2.45, 2.75) is 25.7 Å². The standard InChI is InChI=1S/C20H21NO3/c1-14-2-4-15(5-3-14)10-20(22)21-9-8-17(12-21)16-6-7-18-19(11-16)24-13-23-18/h2-7,11,17H,8-10,12-13H2,1H3. The van der Waals surface area contributed by atoms with Crippen molar-refractivity contribution in [2.24, 2.45) is 0 Å². The van der Waals surface area contributed by atoms with Crippen molar-refractivity contribution in [2.75, 3.05) is 19.9 Å². The Balaban J connectivity index is 1.40. The van der Waals surface area contributed by atoms with Gasteiger partial charge in [-0.05, 0) is 36.6 Å². The molecule has 1 amide bonds. The molecular formula is C20H21NO3. The van der Waals surface area contributed by atoms with Crippen LogP contribution in [0.15, 0.2) is 42.5 Å². The van der Waals surface area contributed by atoms with Gasteiger partial charge in [0.05, 0.1) is 6.42 Å². The van der Waals surface area contributed by atoms with Gasteiger partial charge in [-0.15, -0.1) is 0 Å². The Morgan fingerprint density at radius 1 is 1.12 bits per heavy atom. The lowest BCUT2D eigenvalue weighted by atomic mass is 9.98. The minimum absolute atomic E-state index is 0.210. The molecule has 1 atom stereocenters. The van der Waals surface area contributed by atoms with Crippen LogP contribution >= 0.6 is 0 Å². The van der Waals surface area contributed by atoms with Gasteiger partial charge in [0.15, 0.2) is 11.5 Å². The Morgan fingerprint density at radius 2 is 1.92 bits per heavy atom. The molecule has 0 saturated carbocycles. The lowest BCUT2D eigenvalue weighted by Crippen LogP contribution is -2.29. The summed E-state index contributed by atoms with van der Waals surface area (Å²) in [6.45, 7) is 3.96. The number of likely N-dealkylation sites (tertiary alicyclic amines) is 1. The van der Waals surface area contributed by atoms with Crippen LogP contribution in [0.3, 0.4) is 0 Å². The summed E-state index contributed by atoms with van der Waals surface area (Å²) in [6.07, 6.45) is 1.48. The lowest BCUT2D eigenvalue weighted by Gasteiger charge is -2.17. The summed E-state index contributed by atoms with van der Waals surface area (Å²) in [5.74, 6) is 2.21. The van der Waals surface area contributed by atoms with E-state index in [1.54, 1.807) is 0 Å². The maximum Gasteiger partial charge on any atom is 0.231 e. The molecule has 2 aliphatic heterocycles. The van der Waals surface area contributed by atoms with Crippen LogP contribution in [-0.2, 0) is 11.2 Å². The van der Waals surface area contributed by atoms with E-state index in [2.05, 4.69) is 31.2 Å². The average molecular weight is 323 g/mol. The molecule has 2 aromatic rings. The van der Waals surface area contributed by atoms with Gasteiger partial charge in [-0.3, -0.25) is 4.79 Å². The van der Waals surface area contributed by atoms with E-state index in [0.29, 0.717) is 19.1 Å². The van der Waals surface area contributed by atoms with Gasteiger partial charge in [0.2, 0.25) is 12.7 Å². The maximum atomic E-state index is 12.5. The topological polar surface area (TPSA) is 38.8 Å². The van der Waals surface area contributed by atoms with Crippen molar-refractivity contribution in [3.63, 3.8) is 0 Å². The molecule has 0 N–H and O–H groups in total. The van der Waals surface area contributed by atoms with Gasteiger partial charge >= 0.3 is 0 Å². The molecule has 0 bridgehead atoms. The molecule has 2 aromatic carbocycles. The zero-order chi connectivity index (χ0) is 16.5. The molecule has 2 heterocycles. The minimum Gasteiger partial charge on any atom is -0.454 e. The third kappa shape index (κ3) is 2.96. The number of aryl methyl sites for hydroxylation is 1. The van der Waals surface area contributed by atoms with E-state index in [4.69, 9.17) is 9.47 Å². The first kappa shape index (κ1) is 15.1. The normalized spacial score (nSPS) is 18.9. The number of amides is 1. The van der Waals surface area contributed by atoms with Gasteiger partial charge in [0.1, 0.15) is 0 Å². The zero-order valence-electron chi connectivity index (χ0n) is 13.8. The van der Waals surface area contributed by atoms with E-state index in [0.717, 1.165) is 36.6 Å². The summed E-state index contributed by atoms with van der Waals surface area (Å²) < 4.78 is 10.8. The third-order valence-electron chi connectivity index (χ3n) is 4.88. The molecule has 0 radical (unpaired) electrons. The van der Waals surface area contributed by atoms with Crippen LogP contribution in [0.2, 0.25) is 0 Å². The lowest BCUT2D eigenvalue weighted by molar-refractivity contribution is -0.129. The fraction of sp³-hybridized carbons (Fsp3) is 0.350. The summed E-state index contributed by atoms with van der Waals surface area (Å²) in [6, 6.07) is 14.3. The first-order valence-electron chi connectivity index (χ1n) is 8.42. The number of carbonyl (C=O) groups is 1. The molecule has 4 nitrogen and oxygen atoms in total. The van der Waals surface area contributed by atoms with Crippen molar-refractivity contribution >= 4 is 5.91 Å². The predicted molar refractivity (Wildman–Crippen MR) is 91.4 cm³/mol. The highest BCUT2D eigenvalue weighted by atomic mass is 16.7. The molecule has 0 aromatic heterocycles. The third-order valence-corrected chi connectivity index (χ3v) is 4.88. The van der Waals surface area contributed by atoms with Gasteiger partial charge in [-0.25, -0.2) is 0 Å². The van der Waals surface area contributed by atoms with Crippen molar-refractivity contribution < 1.29 is 14.3 Å². The highest BCUT2D eigenvalue weighted by molar-refractivity contribution is 5.79. The molecule has 4 rings (SSSR count). The van der Waals surface area contributed by atoms with Crippen LogP contribution in [0.5, 0.6) is 11.5 Å². The van der Waals surface area contributed by atoms with E-state index in [1.807, 2.05) is 23.1 Å². The molecular weight excluding hydrogens is 302 g/mol. The van der Waals surface area contributed by atoms with Crippen LogP contribution < -0.4 is 9.47 Å². The first-order valence-corrected chi connectivity index (χ1v) is 8.42. The number of carbonyl (C=O) groups excluding carboxylic acids is 1. The molecule has 1 unspecified atom stereocenters.